The number of rotatable bonds is 4. The molecule has 0 bridgehead atoms. The topological polar surface area (TPSA) is 73.2 Å². The van der Waals surface area contributed by atoms with E-state index in [4.69, 9.17) is 20.5 Å². The van der Waals surface area contributed by atoms with Gasteiger partial charge in [-0.25, -0.2) is 0 Å². The molecule has 0 spiro atoms. The van der Waals surface area contributed by atoms with E-state index >= 15 is 0 Å². The highest BCUT2D eigenvalue weighted by molar-refractivity contribution is 5.57. The highest BCUT2D eigenvalue weighted by atomic mass is 16.7. The second kappa shape index (κ2) is 5.01. The van der Waals surface area contributed by atoms with Crippen LogP contribution in [-0.2, 0) is 16.0 Å². The van der Waals surface area contributed by atoms with Crippen molar-refractivity contribution < 1.29 is 9.47 Å². The Balaban J connectivity index is 3.11. The molecule has 0 aliphatic rings. The molecule has 5 heteroatoms. The first-order valence-electron chi connectivity index (χ1n) is 4.97. The van der Waals surface area contributed by atoms with Gasteiger partial charge in [0.15, 0.2) is 6.29 Å². The minimum absolute atomic E-state index is 0.362. The van der Waals surface area contributed by atoms with Crippen molar-refractivity contribution in [2.45, 2.75) is 26.7 Å². The zero-order valence-corrected chi connectivity index (χ0v) is 10.1. The van der Waals surface area contributed by atoms with Gasteiger partial charge in [0, 0.05) is 19.9 Å². The zero-order valence-electron chi connectivity index (χ0n) is 10.1. The minimum atomic E-state index is -0.362. The maximum absolute atomic E-state index is 8.98. The fraction of sp³-hybridized carbons (Fsp3) is 0.545. The lowest BCUT2D eigenvalue weighted by Gasteiger charge is -2.16. The largest absolute Gasteiger partial charge is 0.384 e. The normalized spacial score (nSPS) is 10.8. The molecule has 0 saturated carbocycles. The molecule has 2 N–H and O–H groups in total. The van der Waals surface area contributed by atoms with Crippen LogP contribution >= 0.6 is 0 Å². The van der Waals surface area contributed by atoms with Crippen molar-refractivity contribution in [2.24, 2.45) is 0 Å². The highest BCUT2D eigenvalue weighted by Crippen LogP contribution is 2.23. The SMILES string of the molecule is COC(Cn1c(C)c(C)c(C#N)c1N)OC. The quantitative estimate of drug-likeness (QED) is 0.778. The van der Waals surface area contributed by atoms with Gasteiger partial charge < -0.3 is 19.8 Å². The molecular weight excluding hydrogens is 206 g/mol. The third-order valence-corrected chi connectivity index (χ3v) is 2.84. The first-order chi connectivity index (χ1) is 7.56. The number of ether oxygens (including phenoxy) is 2. The van der Waals surface area contributed by atoms with Crippen LogP contribution in [0.3, 0.4) is 0 Å². The van der Waals surface area contributed by atoms with Gasteiger partial charge in [0.2, 0.25) is 0 Å². The molecule has 0 aromatic carbocycles. The Kier molecular flexibility index (Phi) is 3.93. The maximum atomic E-state index is 8.98. The molecule has 1 heterocycles. The predicted molar refractivity (Wildman–Crippen MR) is 60.8 cm³/mol. The number of nitriles is 1. The number of methoxy groups -OCH3 is 2. The van der Waals surface area contributed by atoms with E-state index in [1.165, 1.54) is 0 Å². The molecule has 5 nitrogen and oxygen atoms in total. The highest BCUT2D eigenvalue weighted by Gasteiger charge is 2.17. The Labute approximate surface area is 95.4 Å². The number of anilines is 1. The Morgan fingerprint density at radius 3 is 2.31 bits per heavy atom. The van der Waals surface area contributed by atoms with Crippen LogP contribution in [0.5, 0.6) is 0 Å². The molecule has 1 rings (SSSR count). The molecule has 88 valence electrons. The first-order valence-corrected chi connectivity index (χ1v) is 4.97. The number of aromatic nitrogens is 1. The van der Waals surface area contributed by atoms with Gasteiger partial charge in [-0.2, -0.15) is 5.26 Å². The van der Waals surface area contributed by atoms with E-state index in [9.17, 15) is 0 Å². The van der Waals surface area contributed by atoms with Crippen LogP contribution in [-0.4, -0.2) is 25.1 Å². The van der Waals surface area contributed by atoms with E-state index in [1.54, 1.807) is 14.2 Å². The molecule has 0 amide bonds. The van der Waals surface area contributed by atoms with Crippen molar-refractivity contribution in [1.82, 2.24) is 4.57 Å². The third-order valence-electron chi connectivity index (χ3n) is 2.84. The van der Waals surface area contributed by atoms with Gasteiger partial charge in [-0.05, 0) is 19.4 Å². The van der Waals surface area contributed by atoms with Crippen LogP contribution < -0.4 is 5.73 Å². The van der Waals surface area contributed by atoms with E-state index in [1.807, 2.05) is 18.4 Å². The molecule has 0 unspecified atom stereocenters. The average molecular weight is 223 g/mol. The van der Waals surface area contributed by atoms with Crippen LogP contribution in [0, 0.1) is 25.2 Å². The van der Waals surface area contributed by atoms with Gasteiger partial charge in [-0.15, -0.1) is 0 Å². The Bertz CT molecular complexity index is 414. The van der Waals surface area contributed by atoms with E-state index in [0.29, 0.717) is 17.9 Å². The average Bonchev–Trinajstić information content (AvgIpc) is 2.49. The number of hydrogen-bond acceptors (Lipinski definition) is 4. The van der Waals surface area contributed by atoms with Gasteiger partial charge in [-0.3, -0.25) is 0 Å². The zero-order chi connectivity index (χ0) is 12.3. The van der Waals surface area contributed by atoms with Crippen molar-refractivity contribution in [3.05, 3.63) is 16.8 Å². The Hall–Kier alpha value is -1.51. The molecule has 1 aromatic rings. The van der Waals surface area contributed by atoms with Gasteiger partial charge >= 0.3 is 0 Å². The molecule has 0 saturated heterocycles. The standard InChI is InChI=1S/C11H17N3O2/c1-7-8(2)14(6-10(15-3)16-4)11(13)9(7)5-12/h10H,6,13H2,1-4H3. The number of nitrogens with two attached hydrogens (primary N) is 1. The summed E-state index contributed by atoms with van der Waals surface area (Å²) in [5.41, 5.74) is 8.31. The fourth-order valence-electron chi connectivity index (χ4n) is 1.66. The lowest BCUT2D eigenvalue weighted by atomic mass is 10.2. The predicted octanol–water partition coefficient (Wildman–Crippen LogP) is 1.18. The van der Waals surface area contributed by atoms with E-state index in [0.717, 1.165) is 11.3 Å². The molecule has 1 aromatic heterocycles. The number of hydrogen-bond donors (Lipinski definition) is 1. The molecule has 0 atom stereocenters. The molecule has 0 fully saturated rings. The number of nitrogens with zero attached hydrogens (tertiary/aromatic N) is 2. The van der Waals surface area contributed by atoms with E-state index < -0.39 is 0 Å². The summed E-state index contributed by atoms with van der Waals surface area (Å²) >= 11 is 0. The number of nitrogen functional groups attached to an aromatic ring is 1. The molecular formula is C11H17N3O2. The van der Waals surface area contributed by atoms with Gasteiger partial charge in [-0.1, -0.05) is 0 Å². The summed E-state index contributed by atoms with van der Waals surface area (Å²) in [6, 6.07) is 2.11. The first kappa shape index (κ1) is 12.6. The fourth-order valence-corrected chi connectivity index (χ4v) is 1.66. The van der Waals surface area contributed by atoms with Gasteiger partial charge in [0.05, 0.1) is 12.1 Å². The van der Waals surface area contributed by atoms with Crippen LogP contribution in [0.25, 0.3) is 0 Å². The minimum Gasteiger partial charge on any atom is -0.384 e. The summed E-state index contributed by atoms with van der Waals surface area (Å²) in [6.07, 6.45) is -0.362. The van der Waals surface area contributed by atoms with E-state index in [2.05, 4.69) is 6.07 Å². The maximum Gasteiger partial charge on any atom is 0.174 e. The monoisotopic (exact) mass is 223 g/mol. The Morgan fingerprint density at radius 2 is 1.94 bits per heavy atom. The molecule has 16 heavy (non-hydrogen) atoms. The van der Waals surface area contributed by atoms with Crippen LogP contribution in [0.4, 0.5) is 5.82 Å². The van der Waals surface area contributed by atoms with Gasteiger partial charge in [0.25, 0.3) is 0 Å². The van der Waals surface area contributed by atoms with Crippen LogP contribution in [0.1, 0.15) is 16.8 Å². The lowest BCUT2D eigenvalue weighted by Crippen LogP contribution is -2.22. The van der Waals surface area contributed by atoms with Crippen molar-refractivity contribution in [3.8, 4) is 6.07 Å². The van der Waals surface area contributed by atoms with Crippen molar-refractivity contribution >= 4 is 5.82 Å². The van der Waals surface area contributed by atoms with Crippen LogP contribution in [0.2, 0.25) is 0 Å². The lowest BCUT2D eigenvalue weighted by molar-refractivity contribution is -0.110. The summed E-state index contributed by atoms with van der Waals surface area (Å²) in [7, 11) is 3.14. The summed E-state index contributed by atoms with van der Waals surface area (Å²) in [5.74, 6) is 0.469. The summed E-state index contributed by atoms with van der Waals surface area (Å²) in [5, 5.41) is 8.98. The second-order valence-corrected chi connectivity index (χ2v) is 3.59. The molecule has 0 radical (unpaired) electrons. The summed E-state index contributed by atoms with van der Waals surface area (Å²) < 4.78 is 12.1. The molecule has 0 aliphatic carbocycles. The second-order valence-electron chi connectivity index (χ2n) is 3.59. The summed E-state index contributed by atoms with van der Waals surface area (Å²) in [4.78, 5) is 0. The van der Waals surface area contributed by atoms with E-state index in [-0.39, 0.29) is 6.29 Å². The van der Waals surface area contributed by atoms with Crippen LogP contribution in [0.15, 0.2) is 0 Å². The smallest absolute Gasteiger partial charge is 0.174 e. The Morgan fingerprint density at radius 1 is 1.38 bits per heavy atom. The molecule has 0 aliphatic heterocycles. The third kappa shape index (κ3) is 2.03. The van der Waals surface area contributed by atoms with Crippen molar-refractivity contribution in [1.29, 1.82) is 5.26 Å². The van der Waals surface area contributed by atoms with Gasteiger partial charge in [0.1, 0.15) is 11.9 Å². The van der Waals surface area contributed by atoms with Crippen molar-refractivity contribution in [3.63, 3.8) is 0 Å². The summed E-state index contributed by atoms with van der Waals surface area (Å²) in [6.45, 7) is 4.29. The van der Waals surface area contributed by atoms with Crippen molar-refractivity contribution in [2.75, 3.05) is 20.0 Å².